The smallest absolute Gasteiger partial charge is 0.343 e. The Bertz CT molecular complexity index is 430. The maximum absolute atomic E-state index is 11.5. The fourth-order valence-corrected chi connectivity index (χ4v) is 1.56. The number of hydrogen-bond donors (Lipinski definition) is 2. The molecule has 1 aliphatic rings. The molecule has 0 unspecified atom stereocenters. The zero-order valence-electron chi connectivity index (χ0n) is 9.32. The number of hydrogen-bond acceptors (Lipinski definition) is 3. The van der Waals surface area contributed by atoms with Gasteiger partial charge in [0.05, 0.1) is 0 Å². The molecule has 0 radical (unpaired) electrons. The van der Waals surface area contributed by atoms with E-state index in [4.69, 9.17) is 0 Å². The van der Waals surface area contributed by atoms with Crippen molar-refractivity contribution in [3.8, 4) is 0 Å². The SMILES string of the molecule is CC1(CCNC(=O)Cn2cn[nH]c2=O)CC1. The molecule has 0 saturated heterocycles. The Balaban J connectivity index is 1.72. The van der Waals surface area contributed by atoms with Crippen LogP contribution < -0.4 is 11.0 Å². The number of carbonyl (C=O) groups excluding carboxylic acids is 1. The molecule has 1 aliphatic carbocycles. The lowest BCUT2D eigenvalue weighted by atomic mass is 10.1. The number of aromatic amines is 1. The van der Waals surface area contributed by atoms with Crippen LogP contribution in [0.1, 0.15) is 26.2 Å². The van der Waals surface area contributed by atoms with Crippen LogP contribution in [0.3, 0.4) is 0 Å². The highest BCUT2D eigenvalue weighted by atomic mass is 16.2. The van der Waals surface area contributed by atoms with E-state index in [1.807, 2.05) is 0 Å². The quantitative estimate of drug-likeness (QED) is 0.731. The van der Waals surface area contributed by atoms with Crippen molar-refractivity contribution in [1.29, 1.82) is 0 Å². The summed E-state index contributed by atoms with van der Waals surface area (Å²) in [7, 11) is 0. The van der Waals surface area contributed by atoms with Crippen LogP contribution in [-0.4, -0.2) is 27.2 Å². The van der Waals surface area contributed by atoms with Gasteiger partial charge in [-0.1, -0.05) is 6.92 Å². The Hall–Kier alpha value is -1.59. The minimum atomic E-state index is -0.357. The first-order chi connectivity index (χ1) is 7.59. The van der Waals surface area contributed by atoms with Crippen LogP contribution >= 0.6 is 0 Å². The van der Waals surface area contributed by atoms with Gasteiger partial charge in [-0.15, -0.1) is 0 Å². The van der Waals surface area contributed by atoms with Gasteiger partial charge in [0.25, 0.3) is 0 Å². The molecule has 0 bridgehead atoms. The number of nitrogens with zero attached hydrogens (tertiary/aromatic N) is 2. The normalized spacial score (nSPS) is 17.1. The summed E-state index contributed by atoms with van der Waals surface area (Å²) in [4.78, 5) is 22.5. The van der Waals surface area contributed by atoms with E-state index in [0.717, 1.165) is 6.42 Å². The number of carbonyl (C=O) groups is 1. The highest BCUT2D eigenvalue weighted by Gasteiger charge is 2.36. The van der Waals surface area contributed by atoms with Crippen molar-refractivity contribution in [1.82, 2.24) is 20.1 Å². The maximum atomic E-state index is 11.5. The highest BCUT2D eigenvalue weighted by Crippen LogP contribution is 2.47. The van der Waals surface area contributed by atoms with Crippen LogP contribution in [0.4, 0.5) is 0 Å². The van der Waals surface area contributed by atoms with Crippen LogP contribution in [0.25, 0.3) is 0 Å². The van der Waals surface area contributed by atoms with Gasteiger partial charge in [0.2, 0.25) is 5.91 Å². The van der Waals surface area contributed by atoms with Gasteiger partial charge in [-0.3, -0.25) is 9.36 Å². The molecule has 6 heteroatoms. The summed E-state index contributed by atoms with van der Waals surface area (Å²) in [5.41, 5.74) is 0.0871. The van der Waals surface area contributed by atoms with E-state index in [1.165, 1.54) is 23.7 Å². The number of rotatable bonds is 5. The first kappa shape index (κ1) is 10.9. The Morgan fingerprint density at radius 2 is 2.44 bits per heavy atom. The van der Waals surface area contributed by atoms with Gasteiger partial charge in [0.15, 0.2) is 0 Å². The average Bonchev–Trinajstić information content (AvgIpc) is 2.82. The minimum absolute atomic E-state index is 0.0338. The van der Waals surface area contributed by atoms with Gasteiger partial charge >= 0.3 is 5.69 Å². The van der Waals surface area contributed by atoms with Crippen molar-refractivity contribution < 1.29 is 4.79 Å². The van der Waals surface area contributed by atoms with Crippen LogP contribution in [0.2, 0.25) is 0 Å². The van der Waals surface area contributed by atoms with Crippen LogP contribution in [0, 0.1) is 5.41 Å². The molecule has 1 aromatic rings. The molecule has 1 aromatic heterocycles. The fourth-order valence-electron chi connectivity index (χ4n) is 1.56. The summed E-state index contributed by atoms with van der Waals surface area (Å²) < 4.78 is 1.24. The fraction of sp³-hybridized carbons (Fsp3) is 0.700. The first-order valence-electron chi connectivity index (χ1n) is 5.46. The zero-order chi connectivity index (χ0) is 11.6. The third kappa shape index (κ3) is 2.71. The van der Waals surface area contributed by atoms with Gasteiger partial charge in [-0.25, -0.2) is 9.89 Å². The Kier molecular flexibility index (Phi) is 2.80. The summed E-state index contributed by atoms with van der Waals surface area (Å²) in [6.07, 6.45) is 4.84. The maximum Gasteiger partial charge on any atom is 0.343 e. The molecule has 16 heavy (non-hydrogen) atoms. The van der Waals surface area contributed by atoms with Crippen LogP contribution in [0.15, 0.2) is 11.1 Å². The molecule has 1 heterocycles. The van der Waals surface area contributed by atoms with E-state index in [1.54, 1.807) is 0 Å². The summed E-state index contributed by atoms with van der Waals surface area (Å²) in [6, 6.07) is 0. The van der Waals surface area contributed by atoms with E-state index in [0.29, 0.717) is 12.0 Å². The largest absolute Gasteiger partial charge is 0.355 e. The standard InChI is InChI=1S/C10H16N4O2/c1-10(2-3-10)4-5-11-8(15)6-14-7-12-13-9(14)16/h7H,2-6H2,1H3,(H,11,15)(H,13,16). The molecule has 0 aliphatic heterocycles. The van der Waals surface area contributed by atoms with E-state index in [9.17, 15) is 9.59 Å². The molecule has 1 amide bonds. The van der Waals surface area contributed by atoms with Crippen molar-refractivity contribution >= 4 is 5.91 Å². The molecule has 1 fully saturated rings. The second-order valence-corrected chi connectivity index (χ2v) is 4.70. The molecule has 0 spiro atoms. The third-order valence-corrected chi connectivity index (χ3v) is 3.09. The number of aromatic nitrogens is 3. The number of nitrogens with one attached hydrogen (secondary N) is 2. The molecular formula is C10H16N4O2. The molecule has 0 atom stereocenters. The van der Waals surface area contributed by atoms with Crippen molar-refractivity contribution in [3.05, 3.63) is 16.8 Å². The van der Waals surface area contributed by atoms with Crippen LogP contribution in [0.5, 0.6) is 0 Å². The molecule has 2 rings (SSSR count). The van der Waals surface area contributed by atoms with Gasteiger partial charge < -0.3 is 5.32 Å². The second kappa shape index (κ2) is 4.11. The van der Waals surface area contributed by atoms with E-state index < -0.39 is 0 Å². The van der Waals surface area contributed by atoms with Gasteiger partial charge in [-0.05, 0) is 24.7 Å². The van der Waals surface area contributed by atoms with Crippen LogP contribution in [-0.2, 0) is 11.3 Å². The predicted octanol–water partition coefficient (Wildman–Crippen LogP) is -0.122. The lowest BCUT2D eigenvalue weighted by Gasteiger charge is -2.08. The highest BCUT2D eigenvalue weighted by molar-refractivity contribution is 5.75. The lowest BCUT2D eigenvalue weighted by molar-refractivity contribution is -0.121. The van der Waals surface area contributed by atoms with Gasteiger partial charge in [0.1, 0.15) is 12.9 Å². The summed E-state index contributed by atoms with van der Waals surface area (Å²) in [6.45, 7) is 2.94. The first-order valence-corrected chi connectivity index (χ1v) is 5.46. The van der Waals surface area contributed by atoms with Crippen molar-refractivity contribution in [2.45, 2.75) is 32.7 Å². The van der Waals surface area contributed by atoms with Crippen molar-refractivity contribution in [2.75, 3.05) is 6.54 Å². The van der Waals surface area contributed by atoms with Gasteiger partial charge in [0, 0.05) is 6.54 Å². The Labute approximate surface area is 93.0 Å². The Morgan fingerprint density at radius 3 is 3.00 bits per heavy atom. The van der Waals surface area contributed by atoms with Crippen molar-refractivity contribution in [2.24, 2.45) is 5.41 Å². The molecule has 1 saturated carbocycles. The number of H-pyrrole nitrogens is 1. The molecule has 6 nitrogen and oxygen atoms in total. The minimum Gasteiger partial charge on any atom is -0.355 e. The average molecular weight is 224 g/mol. The zero-order valence-corrected chi connectivity index (χ0v) is 9.32. The molecule has 88 valence electrons. The van der Waals surface area contributed by atoms with Gasteiger partial charge in [-0.2, -0.15) is 5.10 Å². The molecule has 2 N–H and O–H groups in total. The van der Waals surface area contributed by atoms with Crippen molar-refractivity contribution in [3.63, 3.8) is 0 Å². The second-order valence-electron chi connectivity index (χ2n) is 4.70. The monoisotopic (exact) mass is 224 g/mol. The summed E-state index contributed by atoms with van der Waals surface area (Å²) in [5, 5.41) is 8.60. The van der Waals surface area contributed by atoms with E-state index >= 15 is 0 Å². The third-order valence-electron chi connectivity index (χ3n) is 3.09. The molecule has 0 aromatic carbocycles. The number of amides is 1. The van der Waals surface area contributed by atoms with E-state index in [2.05, 4.69) is 22.4 Å². The van der Waals surface area contributed by atoms with E-state index in [-0.39, 0.29) is 18.1 Å². The summed E-state index contributed by atoms with van der Waals surface area (Å²) >= 11 is 0. The Morgan fingerprint density at radius 1 is 1.69 bits per heavy atom. The topological polar surface area (TPSA) is 79.8 Å². The predicted molar refractivity (Wildman–Crippen MR) is 57.8 cm³/mol. The summed E-state index contributed by atoms with van der Waals surface area (Å²) in [5.74, 6) is -0.146. The lowest BCUT2D eigenvalue weighted by Crippen LogP contribution is -2.32. The molecular weight excluding hydrogens is 208 g/mol.